The molecular formula is C21H22N4O2. The minimum Gasteiger partial charge on any atom is -0.489 e. The molecule has 0 aliphatic rings. The van der Waals surface area contributed by atoms with E-state index in [1.54, 1.807) is 12.3 Å². The van der Waals surface area contributed by atoms with E-state index in [2.05, 4.69) is 20.6 Å². The Balaban J connectivity index is 1.76. The summed E-state index contributed by atoms with van der Waals surface area (Å²) in [5.74, 6) is 0.730. The van der Waals surface area contributed by atoms with Crippen LogP contribution in [0.2, 0.25) is 0 Å². The summed E-state index contributed by atoms with van der Waals surface area (Å²) >= 11 is 0. The SMILES string of the molecule is Cc1ccc(NC(=O)c2ccnc(Nc3ccccc3OC(C)C)n2)cc1. The molecular weight excluding hydrogens is 340 g/mol. The molecule has 0 bridgehead atoms. The number of benzene rings is 2. The predicted molar refractivity (Wildman–Crippen MR) is 107 cm³/mol. The van der Waals surface area contributed by atoms with Gasteiger partial charge in [0, 0.05) is 11.9 Å². The number of nitrogens with zero attached hydrogens (tertiary/aromatic N) is 2. The first kappa shape index (κ1) is 18.4. The van der Waals surface area contributed by atoms with E-state index in [0.717, 1.165) is 16.9 Å². The molecule has 3 rings (SSSR count). The van der Waals surface area contributed by atoms with Crippen molar-refractivity contribution < 1.29 is 9.53 Å². The lowest BCUT2D eigenvalue weighted by Gasteiger charge is -2.14. The molecule has 0 aliphatic carbocycles. The fourth-order valence-electron chi connectivity index (χ4n) is 2.42. The molecule has 2 N–H and O–H groups in total. The van der Waals surface area contributed by atoms with Crippen molar-refractivity contribution in [3.05, 3.63) is 72.1 Å². The van der Waals surface area contributed by atoms with Crippen LogP contribution in [0.4, 0.5) is 17.3 Å². The zero-order chi connectivity index (χ0) is 19.2. The largest absolute Gasteiger partial charge is 0.489 e. The molecule has 3 aromatic rings. The Morgan fingerprint density at radius 1 is 1.04 bits per heavy atom. The van der Waals surface area contributed by atoms with E-state index >= 15 is 0 Å². The first-order valence-electron chi connectivity index (χ1n) is 8.75. The van der Waals surface area contributed by atoms with Gasteiger partial charge in [0.25, 0.3) is 5.91 Å². The average Bonchev–Trinajstić information content (AvgIpc) is 2.65. The van der Waals surface area contributed by atoms with E-state index in [1.165, 1.54) is 0 Å². The molecule has 0 aliphatic heterocycles. The lowest BCUT2D eigenvalue weighted by molar-refractivity contribution is 0.102. The number of aryl methyl sites for hydroxylation is 1. The van der Waals surface area contributed by atoms with Gasteiger partial charge in [-0.2, -0.15) is 0 Å². The van der Waals surface area contributed by atoms with Gasteiger partial charge in [-0.3, -0.25) is 4.79 Å². The lowest BCUT2D eigenvalue weighted by Crippen LogP contribution is -2.15. The minimum absolute atomic E-state index is 0.0421. The van der Waals surface area contributed by atoms with Crippen LogP contribution in [-0.4, -0.2) is 22.0 Å². The summed E-state index contributed by atoms with van der Waals surface area (Å²) in [7, 11) is 0. The average molecular weight is 362 g/mol. The molecule has 6 nitrogen and oxygen atoms in total. The number of amides is 1. The number of anilines is 3. The topological polar surface area (TPSA) is 76.1 Å². The number of carbonyl (C=O) groups excluding carboxylic acids is 1. The number of ether oxygens (including phenoxy) is 1. The monoisotopic (exact) mass is 362 g/mol. The first-order valence-corrected chi connectivity index (χ1v) is 8.75. The number of para-hydroxylation sites is 2. The molecule has 6 heteroatoms. The van der Waals surface area contributed by atoms with Gasteiger partial charge in [0.1, 0.15) is 11.4 Å². The zero-order valence-electron chi connectivity index (χ0n) is 15.6. The molecule has 1 aromatic heterocycles. The second-order valence-electron chi connectivity index (χ2n) is 6.37. The summed E-state index contributed by atoms with van der Waals surface area (Å²) in [6.45, 7) is 5.92. The van der Waals surface area contributed by atoms with Crippen molar-refractivity contribution in [1.82, 2.24) is 9.97 Å². The Hall–Kier alpha value is -3.41. The predicted octanol–water partition coefficient (Wildman–Crippen LogP) is 4.57. The summed E-state index contributed by atoms with van der Waals surface area (Å²) in [6.07, 6.45) is 1.59. The lowest BCUT2D eigenvalue weighted by atomic mass is 10.2. The van der Waals surface area contributed by atoms with E-state index in [9.17, 15) is 4.79 Å². The number of hydrogen-bond acceptors (Lipinski definition) is 5. The van der Waals surface area contributed by atoms with Crippen molar-refractivity contribution in [3.63, 3.8) is 0 Å². The van der Waals surface area contributed by atoms with Gasteiger partial charge in [-0.15, -0.1) is 0 Å². The van der Waals surface area contributed by atoms with E-state index in [1.807, 2.05) is 69.3 Å². The summed E-state index contributed by atoms with van der Waals surface area (Å²) in [5.41, 5.74) is 2.86. The maximum atomic E-state index is 12.5. The number of hydrogen-bond donors (Lipinski definition) is 2. The third-order valence-electron chi connectivity index (χ3n) is 3.69. The standard InChI is InChI=1S/C21H22N4O2/c1-14(2)27-19-7-5-4-6-17(19)24-21-22-13-12-18(25-21)20(26)23-16-10-8-15(3)9-11-16/h4-14H,1-3H3,(H,23,26)(H,22,24,25). The zero-order valence-corrected chi connectivity index (χ0v) is 15.6. The molecule has 0 saturated heterocycles. The van der Waals surface area contributed by atoms with Crippen LogP contribution < -0.4 is 15.4 Å². The van der Waals surface area contributed by atoms with Crippen LogP contribution in [0.3, 0.4) is 0 Å². The first-order chi connectivity index (χ1) is 13.0. The molecule has 27 heavy (non-hydrogen) atoms. The van der Waals surface area contributed by atoms with Gasteiger partial charge in [0.05, 0.1) is 11.8 Å². The molecule has 138 valence electrons. The van der Waals surface area contributed by atoms with Crippen molar-refractivity contribution in [3.8, 4) is 5.75 Å². The highest BCUT2D eigenvalue weighted by atomic mass is 16.5. The van der Waals surface area contributed by atoms with Gasteiger partial charge in [-0.1, -0.05) is 29.8 Å². The molecule has 1 amide bonds. The highest BCUT2D eigenvalue weighted by molar-refractivity contribution is 6.03. The smallest absolute Gasteiger partial charge is 0.274 e. The van der Waals surface area contributed by atoms with Crippen molar-refractivity contribution in [2.24, 2.45) is 0 Å². The summed E-state index contributed by atoms with van der Waals surface area (Å²) in [6, 6.07) is 16.7. The van der Waals surface area contributed by atoms with E-state index in [4.69, 9.17) is 4.74 Å². The third kappa shape index (κ3) is 5.04. The van der Waals surface area contributed by atoms with Crippen LogP contribution >= 0.6 is 0 Å². The van der Waals surface area contributed by atoms with Crippen molar-refractivity contribution in [1.29, 1.82) is 0 Å². The highest BCUT2D eigenvalue weighted by Gasteiger charge is 2.11. The van der Waals surface area contributed by atoms with E-state index < -0.39 is 0 Å². The van der Waals surface area contributed by atoms with Crippen LogP contribution in [0.1, 0.15) is 29.9 Å². The number of carbonyl (C=O) groups is 1. The Kier molecular flexibility index (Phi) is 5.66. The van der Waals surface area contributed by atoms with Crippen LogP contribution in [0, 0.1) is 6.92 Å². The Bertz CT molecular complexity index is 923. The maximum Gasteiger partial charge on any atom is 0.274 e. The molecule has 0 unspecified atom stereocenters. The van der Waals surface area contributed by atoms with Crippen molar-refractivity contribution >= 4 is 23.2 Å². The van der Waals surface area contributed by atoms with Gasteiger partial charge in [0.15, 0.2) is 0 Å². The van der Waals surface area contributed by atoms with E-state index in [-0.39, 0.29) is 17.7 Å². The fourth-order valence-corrected chi connectivity index (χ4v) is 2.42. The molecule has 0 fully saturated rings. The summed E-state index contributed by atoms with van der Waals surface area (Å²) in [5, 5.41) is 5.95. The Morgan fingerprint density at radius 3 is 2.52 bits per heavy atom. The highest BCUT2D eigenvalue weighted by Crippen LogP contribution is 2.27. The number of nitrogens with one attached hydrogen (secondary N) is 2. The fraction of sp³-hybridized carbons (Fsp3) is 0.190. The third-order valence-corrected chi connectivity index (χ3v) is 3.69. The van der Waals surface area contributed by atoms with Gasteiger partial charge < -0.3 is 15.4 Å². The Morgan fingerprint density at radius 2 is 1.78 bits per heavy atom. The summed E-state index contributed by atoms with van der Waals surface area (Å²) < 4.78 is 5.79. The van der Waals surface area contributed by atoms with Gasteiger partial charge in [0.2, 0.25) is 5.95 Å². The quantitative estimate of drug-likeness (QED) is 0.672. The van der Waals surface area contributed by atoms with Crippen LogP contribution in [0.25, 0.3) is 0 Å². The van der Waals surface area contributed by atoms with Crippen molar-refractivity contribution in [2.75, 3.05) is 10.6 Å². The van der Waals surface area contributed by atoms with E-state index in [0.29, 0.717) is 11.7 Å². The molecule has 2 aromatic carbocycles. The van der Waals surface area contributed by atoms with Crippen LogP contribution in [-0.2, 0) is 0 Å². The molecule has 1 heterocycles. The maximum absolute atomic E-state index is 12.5. The van der Waals surface area contributed by atoms with Gasteiger partial charge in [-0.25, -0.2) is 9.97 Å². The number of rotatable bonds is 6. The Labute approximate surface area is 158 Å². The molecule has 0 atom stereocenters. The van der Waals surface area contributed by atoms with Gasteiger partial charge in [-0.05, 0) is 51.1 Å². The molecule has 0 spiro atoms. The second-order valence-corrected chi connectivity index (χ2v) is 6.37. The summed E-state index contributed by atoms with van der Waals surface area (Å²) in [4.78, 5) is 21.0. The minimum atomic E-state index is -0.295. The number of aromatic nitrogens is 2. The molecule has 0 saturated carbocycles. The van der Waals surface area contributed by atoms with Crippen molar-refractivity contribution in [2.45, 2.75) is 26.9 Å². The molecule has 0 radical (unpaired) electrons. The van der Waals surface area contributed by atoms with Gasteiger partial charge >= 0.3 is 0 Å². The normalized spacial score (nSPS) is 10.5. The second kappa shape index (κ2) is 8.31. The van der Waals surface area contributed by atoms with Crippen LogP contribution in [0.15, 0.2) is 60.8 Å². The van der Waals surface area contributed by atoms with Crippen LogP contribution in [0.5, 0.6) is 5.75 Å².